The Kier molecular flexibility index (Phi) is 3.86. The third kappa shape index (κ3) is 3.06. The van der Waals surface area contributed by atoms with E-state index in [0.717, 1.165) is 5.56 Å². The third-order valence-electron chi connectivity index (χ3n) is 2.81. The predicted octanol–water partition coefficient (Wildman–Crippen LogP) is 1.77. The quantitative estimate of drug-likeness (QED) is 0.773. The predicted molar refractivity (Wildman–Crippen MR) is 59.7 cm³/mol. The molecule has 0 saturated carbocycles. The first-order valence-electron chi connectivity index (χ1n) is 5.06. The van der Waals surface area contributed by atoms with Gasteiger partial charge < -0.3 is 10.8 Å². The summed E-state index contributed by atoms with van der Waals surface area (Å²) in [6.45, 7) is 2.47. The molecule has 1 atom stereocenters. The Balaban J connectivity index is 2.80. The summed E-state index contributed by atoms with van der Waals surface area (Å²) < 4.78 is 0. The highest BCUT2D eigenvalue weighted by molar-refractivity contribution is 5.66. The van der Waals surface area contributed by atoms with Crippen molar-refractivity contribution in [1.82, 2.24) is 0 Å². The average molecular weight is 207 g/mol. The van der Waals surface area contributed by atoms with Gasteiger partial charge in [-0.3, -0.25) is 4.79 Å². The van der Waals surface area contributed by atoms with Crippen molar-refractivity contribution >= 4 is 5.97 Å². The molecule has 1 aromatic rings. The van der Waals surface area contributed by atoms with Crippen molar-refractivity contribution in [2.24, 2.45) is 5.73 Å². The minimum absolute atomic E-state index is 0.155. The van der Waals surface area contributed by atoms with Crippen LogP contribution in [0.2, 0.25) is 0 Å². The molecule has 0 aliphatic carbocycles. The number of carbonyl (C=O) groups is 1. The SMILES string of the molecule is CC(CN)(CCC(=O)O)c1ccccc1. The molecule has 1 rings (SSSR count). The molecule has 0 radical (unpaired) electrons. The van der Waals surface area contributed by atoms with Gasteiger partial charge in [0, 0.05) is 18.4 Å². The summed E-state index contributed by atoms with van der Waals surface area (Å²) in [6.07, 6.45) is 0.728. The molecule has 0 aromatic heterocycles. The zero-order valence-corrected chi connectivity index (χ0v) is 8.94. The average Bonchev–Trinajstić information content (AvgIpc) is 2.27. The number of benzene rings is 1. The second kappa shape index (κ2) is 4.94. The fourth-order valence-corrected chi connectivity index (χ4v) is 1.59. The van der Waals surface area contributed by atoms with E-state index in [2.05, 4.69) is 0 Å². The molecule has 3 heteroatoms. The summed E-state index contributed by atoms with van der Waals surface area (Å²) in [5.74, 6) is -0.773. The van der Waals surface area contributed by atoms with E-state index in [9.17, 15) is 4.79 Å². The molecule has 82 valence electrons. The molecule has 1 aromatic carbocycles. The molecule has 15 heavy (non-hydrogen) atoms. The van der Waals surface area contributed by atoms with E-state index >= 15 is 0 Å². The van der Waals surface area contributed by atoms with Gasteiger partial charge in [0.05, 0.1) is 0 Å². The number of hydrogen-bond acceptors (Lipinski definition) is 2. The van der Waals surface area contributed by atoms with Crippen LogP contribution in [0.15, 0.2) is 30.3 Å². The van der Waals surface area contributed by atoms with Crippen molar-refractivity contribution in [2.75, 3.05) is 6.54 Å². The molecular weight excluding hydrogens is 190 g/mol. The normalized spacial score (nSPS) is 14.5. The van der Waals surface area contributed by atoms with E-state index in [4.69, 9.17) is 10.8 Å². The van der Waals surface area contributed by atoms with Gasteiger partial charge in [0.2, 0.25) is 0 Å². The Labute approximate surface area is 89.9 Å². The van der Waals surface area contributed by atoms with Crippen molar-refractivity contribution < 1.29 is 9.90 Å². The molecule has 1 unspecified atom stereocenters. The Hall–Kier alpha value is -1.35. The maximum absolute atomic E-state index is 10.6. The fourth-order valence-electron chi connectivity index (χ4n) is 1.59. The molecule has 0 saturated heterocycles. The topological polar surface area (TPSA) is 63.3 Å². The van der Waals surface area contributed by atoms with Crippen LogP contribution < -0.4 is 5.73 Å². The zero-order valence-electron chi connectivity index (χ0n) is 8.94. The smallest absolute Gasteiger partial charge is 0.303 e. The molecule has 3 N–H and O–H groups in total. The van der Waals surface area contributed by atoms with Gasteiger partial charge in [-0.1, -0.05) is 37.3 Å². The standard InChI is InChI=1S/C12H17NO2/c1-12(9-13,8-7-11(14)15)10-5-3-2-4-6-10/h2-6H,7-9,13H2,1H3,(H,14,15). The number of carboxylic acids is 1. The van der Waals surface area contributed by atoms with E-state index in [0.29, 0.717) is 13.0 Å². The van der Waals surface area contributed by atoms with Gasteiger partial charge in [-0.05, 0) is 12.0 Å². The van der Waals surface area contributed by atoms with Crippen LogP contribution in [-0.2, 0) is 10.2 Å². The van der Waals surface area contributed by atoms with Gasteiger partial charge in [0.25, 0.3) is 0 Å². The highest BCUT2D eigenvalue weighted by Gasteiger charge is 2.25. The second-order valence-electron chi connectivity index (χ2n) is 4.02. The maximum Gasteiger partial charge on any atom is 0.303 e. The van der Waals surface area contributed by atoms with Crippen molar-refractivity contribution in [3.05, 3.63) is 35.9 Å². The Morgan fingerprint density at radius 1 is 1.40 bits per heavy atom. The molecule has 0 bridgehead atoms. The lowest BCUT2D eigenvalue weighted by molar-refractivity contribution is -0.137. The summed E-state index contributed by atoms with van der Waals surface area (Å²) in [5, 5.41) is 8.68. The number of hydrogen-bond donors (Lipinski definition) is 2. The van der Waals surface area contributed by atoms with E-state index in [-0.39, 0.29) is 11.8 Å². The molecule has 0 aliphatic rings. The molecule has 3 nitrogen and oxygen atoms in total. The minimum Gasteiger partial charge on any atom is -0.481 e. The number of carboxylic acid groups (broad SMARTS) is 1. The van der Waals surface area contributed by atoms with Crippen LogP contribution in [0.25, 0.3) is 0 Å². The second-order valence-corrected chi connectivity index (χ2v) is 4.02. The third-order valence-corrected chi connectivity index (χ3v) is 2.81. The van der Waals surface area contributed by atoms with Gasteiger partial charge in [0.1, 0.15) is 0 Å². The van der Waals surface area contributed by atoms with Crippen molar-refractivity contribution in [2.45, 2.75) is 25.2 Å². The largest absolute Gasteiger partial charge is 0.481 e. The minimum atomic E-state index is -0.773. The number of rotatable bonds is 5. The van der Waals surface area contributed by atoms with Crippen LogP contribution in [-0.4, -0.2) is 17.6 Å². The summed E-state index contributed by atoms with van der Waals surface area (Å²) in [4.78, 5) is 10.6. The summed E-state index contributed by atoms with van der Waals surface area (Å²) in [6, 6.07) is 9.83. The van der Waals surface area contributed by atoms with Crippen LogP contribution in [0.4, 0.5) is 0 Å². The molecule has 0 fully saturated rings. The monoisotopic (exact) mass is 207 g/mol. The number of aliphatic carboxylic acids is 1. The van der Waals surface area contributed by atoms with Crippen LogP contribution in [0.1, 0.15) is 25.3 Å². The molecule has 0 heterocycles. The highest BCUT2D eigenvalue weighted by atomic mass is 16.4. The van der Waals surface area contributed by atoms with Gasteiger partial charge >= 0.3 is 5.97 Å². The molecular formula is C12H17NO2. The lowest BCUT2D eigenvalue weighted by Gasteiger charge is -2.28. The van der Waals surface area contributed by atoms with Gasteiger partial charge in [-0.15, -0.1) is 0 Å². The zero-order chi connectivity index (χ0) is 11.3. The van der Waals surface area contributed by atoms with Crippen molar-refractivity contribution in [3.8, 4) is 0 Å². The van der Waals surface area contributed by atoms with E-state index in [1.165, 1.54) is 0 Å². The molecule has 0 spiro atoms. The first-order chi connectivity index (χ1) is 7.08. The summed E-state index contributed by atoms with van der Waals surface area (Å²) in [7, 11) is 0. The molecule has 0 amide bonds. The van der Waals surface area contributed by atoms with Crippen molar-refractivity contribution in [1.29, 1.82) is 0 Å². The van der Waals surface area contributed by atoms with Crippen LogP contribution in [0.5, 0.6) is 0 Å². The van der Waals surface area contributed by atoms with Crippen LogP contribution in [0.3, 0.4) is 0 Å². The first kappa shape index (κ1) is 11.7. The fraction of sp³-hybridized carbons (Fsp3) is 0.417. The van der Waals surface area contributed by atoms with Crippen molar-refractivity contribution in [3.63, 3.8) is 0 Å². The molecule has 0 aliphatic heterocycles. The maximum atomic E-state index is 10.6. The number of nitrogens with two attached hydrogens (primary N) is 1. The van der Waals surface area contributed by atoms with Gasteiger partial charge in [-0.25, -0.2) is 0 Å². The van der Waals surface area contributed by atoms with Crippen LogP contribution >= 0.6 is 0 Å². The van der Waals surface area contributed by atoms with E-state index < -0.39 is 5.97 Å². The van der Waals surface area contributed by atoms with Gasteiger partial charge in [0.15, 0.2) is 0 Å². The highest BCUT2D eigenvalue weighted by Crippen LogP contribution is 2.27. The van der Waals surface area contributed by atoms with E-state index in [1.54, 1.807) is 0 Å². The van der Waals surface area contributed by atoms with E-state index in [1.807, 2.05) is 37.3 Å². The first-order valence-corrected chi connectivity index (χ1v) is 5.06. The summed E-state index contributed by atoms with van der Waals surface area (Å²) >= 11 is 0. The summed E-state index contributed by atoms with van der Waals surface area (Å²) in [5.41, 5.74) is 6.60. The Morgan fingerprint density at radius 3 is 2.47 bits per heavy atom. The van der Waals surface area contributed by atoms with Gasteiger partial charge in [-0.2, -0.15) is 0 Å². The van der Waals surface area contributed by atoms with Crippen LogP contribution in [0, 0.1) is 0 Å². The Bertz CT molecular complexity index is 324. The lowest BCUT2D eigenvalue weighted by Crippen LogP contribution is -2.32. The lowest BCUT2D eigenvalue weighted by atomic mass is 9.78. The Morgan fingerprint density at radius 2 is 2.00 bits per heavy atom.